The van der Waals surface area contributed by atoms with Gasteiger partial charge >= 0.3 is 0 Å². The number of nitrogens with one attached hydrogen (secondary N) is 2. The minimum Gasteiger partial charge on any atom is -0.493 e. The summed E-state index contributed by atoms with van der Waals surface area (Å²) in [6.45, 7) is 6.64. The molecule has 0 saturated carbocycles. The summed E-state index contributed by atoms with van der Waals surface area (Å²) in [4.78, 5) is 3.18. The van der Waals surface area contributed by atoms with Crippen LogP contribution in [-0.2, 0) is 6.54 Å². The number of piperazine rings is 1. The number of hydrogen-bond donors (Lipinski definition) is 2. The maximum Gasteiger partial charge on any atom is 0.203 e. The number of rotatable bonds is 8. The van der Waals surface area contributed by atoms with Gasteiger partial charge in [0.05, 0.1) is 39.5 Å². The summed E-state index contributed by atoms with van der Waals surface area (Å²) >= 11 is 0. The predicted octanol–water partition coefficient (Wildman–Crippen LogP) is -0.700. The van der Waals surface area contributed by atoms with Gasteiger partial charge in [-0.25, -0.2) is 0 Å². The van der Waals surface area contributed by atoms with Crippen LogP contribution >= 0.6 is 0 Å². The molecule has 132 valence electrons. The third-order valence-corrected chi connectivity index (χ3v) is 4.71. The van der Waals surface area contributed by atoms with E-state index in [0.29, 0.717) is 17.9 Å². The van der Waals surface area contributed by atoms with Gasteiger partial charge in [-0.2, -0.15) is 5.26 Å². The van der Waals surface area contributed by atoms with Crippen LogP contribution in [0.1, 0.15) is 18.4 Å². The van der Waals surface area contributed by atoms with Crippen LogP contribution < -0.4 is 24.0 Å². The minimum atomic E-state index is 0.665. The maximum atomic E-state index is 8.64. The Balaban J connectivity index is 1.96. The van der Waals surface area contributed by atoms with Crippen LogP contribution in [0.4, 0.5) is 0 Å². The van der Waals surface area contributed by atoms with Gasteiger partial charge in [0.15, 0.2) is 11.5 Å². The summed E-state index contributed by atoms with van der Waals surface area (Å²) in [6, 6.07) is 6.24. The number of methoxy groups -OCH3 is 3. The van der Waals surface area contributed by atoms with Gasteiger partial charge in [-0.05, 0) is 12.1 Å². The molecule has 0 amide bonds. The third kappa shape index (κ3) is 4.53. The largest absolute Gasteiger partial charge is 0.493 e. The predicted molar refractivity (Wildman–Crippen MR) is 90.9 cm³/mol. The van der Waals surface area contributed by atoms with E-state index in [-0.39, 0.29) is 0 Å². The molecule has 1 saturated heterocycles. The smallest absolute Gasteiger partial charge is 0.203 e. The summed E-state index contributed by atoms with van der Waals surface area (Å²) in [6.07, 6.45) is 1.67. The van der Waals surface area contributed by atoms with Crippen molar-refractivity contribution in [2.24, 2.45) is 0 Å². The van der Waals surface area contributed by atoms with Gasteiger partial charge in [0.2, 0.25) is 5.75 Å². The molecule has 0 spiro atoms. The molecule has 2 N–H and O–H groups in total. The molecule has 1 aromatic carbocycles. The molecule has 1 aromatic rings. The van der Waals surface area contributed by atoms with E-state index in [1.54, 1.807) is 31.1 Å². The summed E-state index contributed by atoms with van der Waals surface area (Å²) in [5, 5.41) is 8.64. The van der Waals surface area contributed by atoms with Crippen molar-refractivity contribution in [2.75, 3.05) is 54.1 Å². The first-order valence-electron chi connectivity index (χ1n) is 8.55. The number of nitrogens with zero attached hydrogens (tertiary/aromatic N) is 1. The Labute approximate surface area is 144 Å². The van der Waals surface area contributed by atoms with Crippen molar-refractivity contribution < 1.29 is 24.0 Å². The summed E-state index contributed by atoms with van der Waals surface area (Å²) in [5.41, 5.74) is 1.15. The molecular weight excluding hydrogens is 306 g/mol. The number of hydrogen-bond acceptors (Lipinski definition) is 4. The molecule has 1 fully saturated rings. The van der Waals surface area contributed by atoms with E-state index in [1.807, 2.05) is 6.07 Å². The monoisotopic (exact) mass is 335 g/mol. The lowest BCUT2D eigenvalue weighted by molar-refractivity contribution is -1.02. The first-order chi connectivity index (χ1) is 11.7. The second kappa shape index (κ2) is 9.36. The molecule has 1 aliphatic rings. The first kappa shape index (κ1) is 18.4. The molecule has 1 heterocycles. The lowest BCUT2D eigenvalue weighted by atomic mass is 10.1. The van der Waals surface area contributed by atoms with Gasteiger partial charge in [-0.15, -0.1) is 0 Å². The zero-order valence-corrected chi connectivity index (χ0v) is 15.0. The van der Waals surface area contributed by atoms with Crippen LogP contribution in [0.2, 0.25) is 0 Å². The van der Waals surface area contributed by atoms with Crippen LogP contribution in [-0.4, -0.2) is 54.1 Å². The second-order valence-electron chi connectivity index (χ2n) is 6.18. The van der Waals surface area contributed by atoms with E-state index >= 15 is 0 Å². The molecule has 0 aromatic heterocycles. The third-order valence-electron chi connectivity index (χ3n) is 4.71. The first-order valence-corrected chi connectivity index (χ1v) is 8.55. The molecule has 6 heteroatoms. The Morgan fingerprint density at radius 1 is 0.958 bits per heavy atom. The Hall–Kier alpha value is -1.97. The average Bonchev–Trinajstić information content (AvgIpc) is 2.62. The number of ether oxygens (including phenoxy) is 3. The lowest BCUT2D eigenvalue weighted by Gasteiger charge is -2.30. The molecule has 0 radical (unpaired) electrons. The Kier molecular flexibility index (Phi) is 7.16. The fraction of sp³-hybridized carbons (Fsp3) is 0.611. The summed E-state index contributed by atoms with van der Waals surface area (Å²) < 4.78 is 16.4. The average molecular weight is 335 g/mol. The zero-order chi connectivity index (χ0) is 17.4. The molecule has 2 rings (SSSR count). The van der Waals surface area contributed by atoms with Crippen LogP contribution in [0.15, 0.2) is 12.1 Å². The van der Waals surface area contributed by atoms with E-state index in [9.17, 15) is 0 Å². The molecule has 1 aliphatic heterocycles. The second-order valence-corrected chi connectivity index (χ2v) is 6.18. The normalized spacial score (nSPS) is 20.2. The van der Waals surface area contributed by atoms with Crippen LogP contribution in [0.25, 0.3) is 0 Å². The molecular formula is C18H29N3O3+2. The van der Waals surface area contributed by atoms with Crippen LogP contribution in [0, 0.1) is 11.3 Å². The SMILES string of the molecule is COc1ccc(C[NH+]2CC[NH+](CCCC#N)CC2)c(OC)c1OC. The maximum absolute atomic E-state index is 8.64. The van der Waals surface area contributed by atoms with E-state index in [4.69, 9.17) is 19.5 Å². The van der Waals surface area contributed by atoms with Crippen molar-refractivity contribution in [3.63, 3.8) is 0 Å². The lowest BCUT2D eigenvalue weighted by Crippen LogP contribution is -3.27. The van der Waals surface area contributed by atoms with Crippen molar-refractivity contribution in [1.29, 1.82) is 5.26 Å². The summed E-state index contributed by atoms with van der Waals surface area (Å²) in [5.74, 6) is 2.13. The van der Waals surface area contributed by atoms with Gasteiger partial charge in [-0.1, -0.05) is 0 Å². The van der Waals surface area contributed by atoms with E-state index in [0.717, 1.165) is 57.0 Å². The number of quaternary nitrogens is 2. The van der Waals surface area contributed by atoms with Crippen molar-refractivity contribution >= 4 is 0 Å². The van der Waals surface area contributed by atoms with E-state index < -0.39 is 0 Å². The Bertz CT molecular complexity index is 563. The van der Waals surface area contributed by atoms with Crippen molar-refractivity contribution in [3.05, 3.63) is 17.7 Å². The van der Waals surface area contributed by atoms with Gasteiger partial charge in [-0.3, -0.25) is 0 Å². The van der Waals surface area contributed by atoms with Gasteiger partial charge in [0.1, 0.15) is 32.7 Å². The molecule has 0 bridgehead atoms. The number of unbranched alkanes of at least 4 members (excludes halogenated alkanes) is 1. The van der Waals surface area contributed by atoms with Crippen LogP contribution in [0.3, 0.4) is 0 Å². The fourth-order valence-electron chi connectivity index (χ4n) is 3.37. The van der Waals surface area contributed by atoms with E-state index in [1.165, 1.54) is 0 Å². The van der Waals surface area contributed by atoms with Crippen molar-refractivity contribution in [2.45, 2.75) is 19.4 Å². The quantitative estimate of drug-likeness (QED) is 0.617. The van der Waals surface area contributed by atoms with Crippen LogP contribution in [0.5, 0.6) is 17.2 Å². The fourth-order valence-corrected chi connectivity index (χ4v) is 3.37. The van der Waals surface area contributed by atoms with Crippen molar-refractivity contribution in [1.82, 2.24) is 0 Å². The topological polar surface area (TPSA) is 60.4 Å². The van der Waals surface area contributed by atoms with Crippen molar-refractivity contribution in [3.8, 4) is 23.3 Å². The molecule has 0 atom stereocenters. The van der Waals surface area contributed by atoms with Gasteiger partial charge in [0, 0.05) is 12.8 Å². The van der Waals surface area contributed by atoms with Gasteiger partial charge in [0.25, 0.3) is 0 Å². The Morgan fingerprint density at radius 3 is 2.21 bits per heavy atom. The molecule has 0 aliphatic carbocycles. The minimum absolute atomic E-state index is 0.665. The molecule has 24 heavy (non-hydrogen) atoms. The van der Waals surface area contributed by atoms with Gasteiger partial charge < -0.3 is 24.0 Å². The highest BCUT2D eigenvalue weighted by Crippen LogP contribution is 2.39. The molecule has 6 nitrogen and oxygen atoms in total. The number of nitriles is 1. The summed E-state index contributed by atoms with van der Waals surface area (Å²) in [7, 11) is 4.95. The highest BCUT2D eigenvalue weighted by Gasteiger charge is 2.25. The molecule has 0 unspecified atom stereocenters. The standard InChI is InChI=1S/C18H27N3O3/c1-22-16-7-6-15(17(23-2)18(16)24-3)14-21-12-10-20(11-13-21)9-5-4-8-19/h6-7H,4-5,9-14H2,1-3H3/p+2. The zero-order valence-electron chi connectivity index (χ0n) is 15.0. The number of benzene rings is 1. The Morgan fingerprint density at radius 2 is 1.62 bits per heavy atom. The highest BCUT2D eigenvalue weighted by molar-refractivity contribution is 5.55. The highest BCUT2D eigenvalue weighted by atomic mass is 16.5. The van der Waals surface area contributed by atoms with E-state index in [2.05, 4.69) is 12.1 Å².